The van der Waals surface area contributed by atoms with E-state index in [1.54, 1.807) is 13.8 Å². The number of carbonyl (C=O) groups excluding carboxylic acids is 1. The van der Waals surface area contributed by atoms with Crippen LogP contribution in [-0.2, 0) is 4.79 Å². The number of hydrogen-bond donors (Lipinski definition) is 2. The van der Waals surface area contributed by atoms with Crippen molar-refractivity contribution in [3.8, 4) is 0 Å². The molecule has 3 nitrogen and oxygen atoms in total. The van der Waals surface area contributed by atoms with Crippen molar-refractivity contribution in [3.05, 3.63) is 12.2 Å². The standard InChI is InChI=1S/C24H36F6O3/c1-19(2,32)11-6-12-20(3,13-7-15-22(33,23(25,26)27)24(28,29)30)18-10-9-16-17(31)8-5-14-21(16,18)4/h7,15-16,18,32-33H,5-6,8-14H2,1-4H3/t16-,18+,20+,21-/m0/s1. The van der Waals surface area contributed by atoms with Crippen LogP contribution in [0.2, 0.25) is 0 Å². The molecule has 0 amide bonds. The van der Waals surface area contributed by atoms with E-state index < -0.39 is 29.0 Å². The summed E-state index contributed by atoms with van der Waals surface area (Å²) in [5.41, 5.74) is -6.93. The van der Waals surface area contributed by atoms with Crippen LogP contribution in [0.4, 0.5) is 26.3 Å². The van der Waals surface area contributed by atoms with Crippen LogP contribution in [0.15, 0.2) is 12.2 Å². The first-order valence-corrected chi connectivity index (χ1v) is 11.6. The Bertz CT molecular complexity index is 722. The highest BCUT2D eigenvalue weighted by Gasteiger charge is 2.69. The predicted octanol–water partition coefficient (Wildman–Crippen LogP) is 6.52. The van der Waals surface area contributed by atoms with Crippen LogP contribution in [0.3, 0.4) is 0 Å². The molecule has 9 heteroatoms. The van der Waals surface area contributed by atoms with Crippen molar-refractivity contribution in [1.82, 2.24) is 0 Å². The lowest BCUT2D eigenvalue weighted by Gasteiger charge is -2.48. The van der Waals surface area contributed by atoms with Crippen LogP contribution in [0.5, 0.6) is 0 Å². The fourth-order valence-corrected chi connectivity index (χ4v) is 6.27. The summed E-state index contributed by atoms with van der Waals surface area (Å²) in [4.78, 5) is 12.5. The summed E-state index contributed by atoms with van der Waals surface area (Å²) in [5, 5.41) is 19.6. The molecular weight excluding hydrogens is 450 g/mol. The summed E-state index contributed by atoms with van der Waals surface area (Å²) in [6, 6.07) is 0. The van der Waals surface area contributed by atoms with Crippen molar-refractivity contribution in [2.24, 2.45) is 22.7 Å². The molecule has 0 aromatic heterocycles. The third kappa shape index (κ3) is 5.77. The molecule has 0 spiro atoms. The Kier molecular flexibility index (Phi) is 7.82. The summed E-state index contributed by atoms with van der Waals surface area (Å²) in [7, 11) is 0. The van der Waals surface area contributed by atoms with Gasteiger partial charge in [0.1, 0.15) is 5.78 Å². The van der Waals surface area contributed by atoms with Gasteiger partial charge in [-0.2, -0.15) is 26.3 Å². The van der Waals surface area contributed by atoms with E-state index in [1.165, 1.54) is 0 Å². The predicted molar refractivity (Wildman–Crippen MR) is 112 cm³/mol. The van der Waals surface area contributed by atoms with Gasteiger partial charge < -0.3 is 10.2 Å². The lowest BCUT2D eigenvalue weighted by atomic mass is 9.56. The van der Waals surface area contributed by atoms with Gasteiger partial charge in [0.25, 0.3) is 5.60 Å². The van der Waals surface area contributed by atoms with Crippen molar-refractivity contribution in [3.63, 3.8) is 0 Å². The lowest BCUT2D eigenvalue weighted by Crippen LogP contribution is -2.55. The molecule has 2 fully saturated rings. The molecule has 0 aliphatic heterocycles. The third-order valence-electron chi connectivity index (χ3n) is 8.05. The zero-order valence-electron chi connectivity index (χ0n) is 19.7. The van der Waals surface area contributed by atoms with Crippen molar-refractivity contribution in [2.75, 3.05) is 0 Å². The number of carbonyl (C=O) groups is 1. The SMILES string of the molecule is CC(C)(O)CCC[C@](C)(CC=CC(O)(C(F)(F)F)C(F)(F)F)[C@H]1CC[C@H]2C(=O)CCC[C@]12C. The highest BCUT2D eigenvalue weighted by atomic mass is 19.4. The van der Waals surface area contributed by atoms with E-state index in [1.807, 2.05) is 13.8 Å². The molecule has 0 saturated heterocycles. The maximum atomic E-state index is 13.1. The molecule has 0 heterocycles. The fourth-order valence-electron chi connectivity index (χ4n) is 6.27. The fraction of sp³-hybridized carbons (Fsp3) is 0.875. The monoisotopic (exact) mass is 486 g/mol. The summed E-state index contributed by atoms with van der Waals surface area (Å²) < 4.78 is 78.6. The van der Waals surface area contributed by atoms with Gasteiger partial charge >= 0.3 is 12.4 Å². The van der Waals surface area contributed by atoms with Crippen molar-refractivity contribution >= 4 is 5.78 Å². The summed E-state index contributed by atoms with van der Waals surface area (Å²) in [6.07, 6.45) is -6.52. The van der Waals surface area contributed by atoms with E-state index in [-0.39, 0.29) is 35.5 Å². The van der Waals surface area contributed by atoms with Crippen molar-refractivity contribution in [1.29, 1.82) is 0 Å². The van der Waals surface area contributed by atoms with Gasteiger partial charge in [-0.05, 0) is 81.6 Å². The van der Waals surface area contributed by atoms with E-state index >= 15 is 0 Å². The maximum absolute atomic E-state index is 13.1. The zero-order valence-corrected chi connectivity index (χ0v) is 19.7. The van der Waals surface area contributed by atoms with E-state index in [0.717, 1.165) is 18.9 Å². The van der Waals surface area contributed by atoms with E-state index in [0.29, 0.717) is 38.5 Å². The molecule has 0 bridgehead atoms. The first-order valence-electron chi connectivity index (χ1n) is 11.6. The van der Waals surface area contributed by atoms with E-state index in [4.69, 9.17) is 0 Å². The summed E-state index contributed by atoms with van der Waals surface area (Å²) >= 11 is 0. The molecule has 2 aliphatic carbocycles. The first-order chi connectivity index (χ1) is 14.8. The molecule has 0 radical (unpaired) electrons. The molecule has 0 aromatic rings. The zero-order chi connectivity index (χ0) is 25.5. The number of aliphatic hydroxyl groups is 2. The normalized spacial score (nSPS) is 29.4. The highest BCUT2D eigenvalue weighted by molar-refractivity contribution is 5.83. The molecule has 0 aromatic carbocycles. The van der Waals surface area contributed by atoms with Crippen LogP contribution in [0.25, 0.3) is 0 Å². The average Bonchev–Trinajstić information content (AvgIpc) is 2.97. The van der Waals surface area contributed by atoms with Gasteiger partial charge in [0.05, 0.1) is 5.60 Å². The second-order valence-corrected chi connectivity index (χ2v) is 11.2. The quantitative estimate of drug-likeness (QED) is 0.303. The maximum Gasteiger partial charge on any atom is 0.429 e. The van der Waals surface area contributed by atoms with Crippen LogP contribution < -0.4 is 0 Å². The molecule has 2 saturated carbocycles. The molecule has 2 aliphatic rings. The minimum Gasteiger partial charge on any atom is -0.390 e. The molecule has 192 valence electrons. The van der Waals surface area contributed by atoms with Crippen LogP contribution in [-0.4, -0.2) is 39.6 Å². The second kappa shape index (κ2) is 9.17. The van der Waals surface area contributed by atoms with Crippen LogP contribution in [0, 0.1) is 22.7 Å². The minimum atomic E-state index is -5.90. The second-order valence-electron chi connectivity index (χ2n) is 11.2. The van der Waals surface area contributed by atoms with Gasteiger partial charge in [-0.1, -0.05) is 26.3 Å². The van der Waals surface area contributed by atoms with Gasteiger partial charge in [0.15, 0.2) is 0 Å². The average molecular weight is 487 g/mol. The number of Topliss-reactive ketones (excluding diaryl/α,β-unsaturated/α-hetero) is 1. The van der Waals surface area contributed by atoms with Gasteiger partial charge in [-0.15, -0.1) is 0 Å². The van der Waals surface area contributed by atoms with Crippen molar-refractivity contribution < 1.29 is 41.4 Å². The largest absolute Gasteiger partial charge is 0.429 e. The molecule has 0 unspecified atom stereocenters. The topological polar surface area (TPSA) is 57.5 Å². The van der Waals surface area contributed by atoms with Crippen molar-refractivity contribution in [2.45, 2.75) is 109 Å². The molecule has 2 rings (SSSR count). The van der Waals surface area contributed by atoms with Gasteiger partial charge in [-0.3, -0.25) is 4.79 Å². The highest BCUT2D eigenvalue weighted by Crippen LogP contribution is 2.61. The minimum absolute atomic E-state index is 0.0735. The third-order valence-corrected chi connectivity index (χ3v) is 8.05. The lowest BCUT2D eigenvalue weighted by molar-refractivity contribution is -0.347. The molecule has 33 heavy (non-hydrogen) atoms. The first kappa shape index (κ1) is 28.1. The number of rotatable bonds is 8. The Morgan fingerprint density at radius 1 is 1.00 bits per heavy atom. The summed E-state index contributed by atoms with van der Waals surface area (Å²) in [5.74, 6) is -0.0316. The van der Waals surface area contributed by atoms with Gasteiger partial charge in [-0.25, -0.2) is 0 Å². The van der Waals surface area contributed by atoms with E-state index in [9.17, 15) is 41.4 Å². The number of fused-ring (bicyclic) bond motifs is 1. The Balaban J connectivity index is 2.36. The number of hydrogen-bond acceptors (Lipinski definition) is 3. The Hall–Kier alpha value is -1.09. The molecule has 4 atom stereocenters. The smallest absolute Gasteiger partial charge is 0.390 e. The van der Waals surface area contributed by atoms with Gasteiger partial charge in [0.2, 0.25) is 0 Å². The number of ketones is 1. The molecular formula is C24H36F6O3. The Morgan fingerprint density at radius 3 is 2.09 bits per heavy atom. The number of allylic oxidation sites excluding steroid dienone is 1. The Morgan fingerprint density at radius 2 is 1.58 bits per heavy atom. The number of alkyl halides is 6. The van der Waals surface area contributed by atoms with Crippen LogP contribution >= 0.6 is 0 Å². The molecule has 2 N–H and O–H groups in total. The van der Waals surface area contributed by atoms with E-state index in [2.05, 4.69) is 0 Å². The van der Waals surface area contributed by atoms with Gasteiger partial charge in [0, 0.05) is 12.3 Å². The Labute approximate surface area is 191 Å². The van der Waals surface area contributed by atoms with Crippen LogP contribution in [0.1, 0.15) is 85.5 Å². The summed E-state index contributed by atoms with van der Waals surface area (Å²) in [6.45, 7) is 7.15. The number of halogens is 6.